The minimum atomic E-state index is -0.501. The molecule has 0 N–H and O–H groups in total. The van der Waals surface area contributed by atoms with Crippen molar-refractivity contribution < 1.29 is 18.7 Å². The molecule has 110 valence electrons. The number of halogens is 2. The van der Waals surface area contributed by atoms with Crippen molar-refractivity contribution in [1.29, 1.82) is 0 Å². The standard InChI is InChI=1S/C16H14ClFO3/c1-10(19)11-6-7-14(15(8-11)20-2)21-9-12-4-3-5-13(17)16(12)18/h3-8H,9H2,1-2H3. The van der Waals surface area contributed by atoms with Crippen LogP contribution in [-0.4, -0.2) is 12.9 Å². The summed E-state index contributed by atoms with van der Waals surface area (Å²) < 4.78 is 24.5. The van der Waals surface area contributed by atoms with Gasteiger partial charge in [-0.05, 0) is 31.2 Å². The number of Topliss-reactive ketones (excluding diaryl/α,β-unsaturated/α-hetero) is 1. The number of ketones is 1. The van der Waals surface area contributed by atoms with Gasteiger partial charge < -0.3 is 9.47 Å². The molecular formula is C16H14ClFO3. The van der Waals surface area contributed by atoms with Gasteiger partial charge in [-0.3, -0.25) is 4.79 Å². The van der Waals surface area contributed by atoms with Crippen molar-refractivity contribution >= 4 is 17.4 Å². The zero-order valence-electron chi connectivity index (χ0n) is 11.7. The second kappa shape index (κ2) is 6.59. The Hall–Kier alpha value is -2.07. The first-order chi connectivity index (χ1) is 10.0. The van der Waals surface area contributed by atoms with E-state index >= 15 is 0 Å². The van der Waals surface area contributed by atoms with Crippen molar-refractivity contribution in [3.63, 3.8) is 0 Å². The molecule has 0 aromatic heterocycles. The van der Waals surface area contributed by atoms with E-state index < -0.39 is 5.82 Å². The summed E-state index contributed by atoms with van der Waals surface area (Å²) in [6.07, 6.45) is 0. The number of hydrogen-bond donors (Lipinski definition) is 0. The fourth-order valence-corrected chi connectivity index (χ4v) is 2.02. The lowest BCUT2D eigenvalue weighted by Crippen LogP contribution is -2.01. The van der Waals surface area contributed by atoms with Crippen LogP contribution in [0.5, 0.6) is 11.5 Å². The summed E-state index contributed by atoms with van der Waals surface area (Å²) in [5, 5.41) is 0.0509. The van der Waals surface area contributed by atoms with Gasteiger partial charge in [0.15, 0.2) is 17.3 Å². The molecule has 0 saturated heterocycles. The van der Waals surface area contributed by atoms with Crippen LogP contribution in [0.15, 0.2) is 36.4 Å². The minimum Gasteiger partial charge on any atom is -0.493 e. The molecule has 0 aliphatic carbocycles. The summed E-state index contributed by atoms with van der Waals surface area (Å²) in [4.78, 5) is 11.3. The largest absolute Gasteiger partial charge is 0.493 e. The molecule has 0 amide bonds. The Bertz CT molecular complexity index is 671. The molecule has 0 bridgehead atoms. The van der Waals surface area contributed by atoms with Crippen LogP contribution in [0.1, 0.15) is 22.8 Å². The van der Waals surface area contributed by atoms with E-state index in [4.69, 9.17) is 21.1 Å². The minimum absolute atomic E-state index is 0.0160. The first-order valence-electron chi connectivity index (χ1n) is 6.27. The smallest absolute Gasteiger partial charge is 0.161 e. The topological polar surface area (TPSA) is 35.5 Å². The van der Waals surface area contributed by atoms with Gasteiger partial charge in [-0.2, -0.15) is 0 Å². The van der Waals surface area contributed by atoms with Crippen molar-refractivity contribution in [1.82, 2.24) is 0 Å². The quantitative estimate of drug-likeness (QED) is 0.774. The Morgan fingerprint density at radius 3 is 2.67 bits per heavy atom. The van der Waals surface area contributed by atoms with Crippen LogP contribution in [0.4, 0.5) is 4.39 Å². The van der Waals surface area contributed by atoms with E-state index in [1.165, 1.54) is 20.1 Å². The van der Waals surface area contributed by atoms with E-state index in [-0.39, 0.29) is 17.4 Å². The van der Waals surface area contributed by atoms with Crippen LogP contribution in [-0.2, 0) is 6.61 Å². The van der Waals surface area contributed by atoms with Gasteiger partial charge in [0.1, 0.15) is 12.4 Å². The first-order valence-corrected chi connectivity index (χ1v) is 6.65. The van der Waals surface area contributed by atoms with E-state index in [2.05, 4.69) is 0 Å². The van der Waals surface area contributed by atoms with E-state index in [0.717, 1.165) is 0 Å². The zero-order valence-corrected chi connectivity index (χ0v) is 12.4. The van der Waals surface area contributed by atoms with Gasteiger partial charge in [0.05, 0.1) is 12.1 Å². The third-order valence-corrected chi connectivity index (χ3v) is 3.28. The monoisotopic (exact) mass is 308 g/mol. The normalized spacial score (nSPS) is 10.3. The third kappa shape index (κ3) is 3.52. The zero-order chi connectivity index (χ0) is 15.4. The molecule has 21 heavy (non-hydrogen) atoms. The van der Waals surface area contributed by atoms with Gasteiger partial charge in [0.25, 0.3) is 0 Å². The highest BCUT2D eigenvalue weighted by molar-refractivity contribution is 6.30. The summed E-state index contributed by atoms with van der Waals surface area (Å²) in [6, 6.07) is 9.57. The van der Waals surface area contributed by atoms with Crippen molar-refractivity contribution in [2.75, 3.05) is 7.11 Å². The highest BCUT2D eigenvalue weighted by Gasteiger charge is 2.11. The summed E-state index contributed by atoms with van der Waals surface area (Å²) in [5.74, 6) is 0.284. The van der Waals surface area contributed by atoms with Crippen molar-refractivity contribution in [2.45, 2.75) is 13.5 Å². The van der Waals surface area contributed by atoms with Gasteiger partial charge >= 0.3 is 0 Å². The Morgan fingerprint density at radius 1 is 1.24 bits per heavy atom. The number of carbonyl (C=O) groups excluding carboxylic acids is 1. The predicted octanol–water partition coefficient (Wildman–Crippen LogP) is 4.27. The number of carbonyl (C=O) groups is 1. The fraction of sp³-hybridized carbons (Fsp3) is 0.188. The average Bonchev–Trinajstić information content (AvgIpc) is 2.48. The van der Waals surface area contributed by atoms with Crippen LogP contribution in [0.3, 0.4) is 0 Å². The van der Waals surface area contributed by atoms with Crippen LogP contribution in [0, 0.1) is 5.82 Å². The number of hydrogen-bond acceptors (Lipinski definition) is 3. The molecule has 2 aromatic carbocycles. The maximum Gasteiger partial charge on any atom is 0.161 e. The number of ether oxygens (including phenoxy) is 2. The van der Waals surface area contributed by atoms with Gasteiger partial charge in [-0.25, -0.2) is 4.39 Å². The Labute approximate surface area is 127 Å². The third-order valence-electron chi connectivity index (χ3n) is 2.98. The Kier molecular flexibility index (Phi) is 4.81. The maximum absolute atomic E-state index is 13.8. The lowest BCUT2D eigenvalue weighted by Gasteiger charge is -2.12. The van der Waals surface area contributed by atoms with Crippen molar-refractivity contribution in [3.8, 4) is 11.5 Å². The van der Waals surface area contributed by atoms with E-state index in [1.54, 1.807) is 30.3 Å². The molecule has 0 radical (unpaired) electrons. The molecule has 0 atom stereocenters. The molecule has 3 nitrogen and oxygen atoms in total. The summed E-state index contributed by atoms with van der Waals surface area (Å²) in [6.45, 7) is 1.48. The molecule has 0 aliphatic rings. The number of methoxy groups -OCH3 is 1. The highest BCUT2D eigenvalue weighted by atomic mass is 35.5. The van der Waals surface area contributed by atoms with Crippen LogP contribution < -0.4 is 9.47 Å². The molecule has 0 fully saturated rings. The molecule has 0 heterocycles. The van der Waals surface area contributed by atoms with Gasteiger partial charge in [-0.15, -0.1) is 0 Å². The second-order valence-electron chi connectivity index (χ2n) is 4.42. The van der Waals surface area contributed by atoms with E-state index in [1.807, 2.05) is 0 Å². The van der Waals surface area contributed by atoms with E-state index in [0.29, 0.717) is 22.6 Å². The summed E-state index contributed by atoms with van der Waals surface area (Å²) in [5.41, 5.74) is 0.869. The van der Waals surface area contributed by atoms with Gasteiger partial charge in [-0.1, -0.05) is 23.7 Å². The van der Waals surface area contributed by atoms with Crippen LogP contribution in [0.2, 0.25) is 5.02 Å². The molecule has 2 rings (SSSR count). The molecule has 0 aliphatic heterocycles. The van der Waals surface area contributed by atoms with Crippen molar-refractivity contribution in [2.24, 2.45) is 0 Å². The van der Waals surface area contributed by atoms with Crippen molar-refractivity contribution in [3.05, 3.63) is 58.4 Å². The summed E-state index contributed by atoms with van der Waals surface area (Å²) >= 11 is 5.72. The van der Waals surface area contributed by atoms with E-state index in [9.17, 15) is 9.18 Å². The lowest BCUT2D eigenvalue weighted by atomic mass is 10.1. The first kappa shape index (κ1) is 15.3. The maximum atomic E-state index is 13.8. The molecule has 0 saturated carbocycles. The van der Waals surface area contributed by atoms with Gasteiger partial charge in [0, 0.05) is 11.1 Å². The SMILES string of the molecule is COc1cc(C(C)=O)ccc1OCc1cccc(Cl)c1F. The number of benzene rings is 2. The molecule has 0 spiro atoms. The molecule has 5 heteroatoms. The highest BCUT2D eigenvalue weighted by Crippen LogP contribution is 2.29. The summed E-state index contributed by atoms with van der Waals surface area (Å²) in [7, 11) is 1.48. The average molecular weight is 309 g/mol. The van der Waals surface area contributed by atoms with Crippen LogP contribution >= 0.6 is 11.6 Å². The Morgan fingerprint density at radius 2 is 2.00 bits per heavy atom. The fourth-order valence-electron chi connectivity index (χ4n) is 1.82. The van der Waals surface area contributed by atoms with Gasteiger partial charge in [0.2, 0.25) is 0 Å². The molecule has 0 unspecified atom stereocenters. The van der Waals surface area contributed by atoms with Crippen LogP contribution in [0.25, 0.3) is 0 Å². The number of rotatable bonds is 5. The molecule has 2 aromatic rings. The lowest BCUT2D eigenvalue weighted by molar-refractivity contribution is 0.101. The predicted molar refractivity (Wildman–Crippen MR) is 78.7 cm³/mol. The molecular weight excluding hydrogens is 295 g/mol. The Balaban J connectivity index is 2.20. The second-order valence-corrected chi connectivity index (χ2v) is 4.83.